The fourth-order valence-electron chi connectivity index (χ4n) is 4.98. The Bertz CT molecular complexity index is 866. The van der Waals surface area contributed by atoms with Gasteiger partial charge in [-0.1, -0.05) is 32.4 Å². The van der Waals surface area contributed by atoms with Crippen molar-refractivity contribution in [3.8, 4) is 0 Å². The minimum absolute atomic E-state index is 0.000175. The molecule has 5 N–H and O–H groups in total. The van der Waals surface area contributed by atoms with Gasteiger partial charge in [-0.2, -0.15) is 0 Å². The summed E-state index contributed by atoms with van der Waals surface area (Å²) in [5, 5.41) is 15.4. The van der Waals surface area contributed by atoms with E-state index in [9.17, 15) is 14.4 Å². The number of para-hydroxylation sites is 2. The number of benzene rings is 1. The number of rotatable bonds is 6. The molecule has 3 amide bonds. The van der Waals surface area contributed by atoms with Gasteiger partial charge in [-0.15, -0.1) is 0 Å². The van der Waals surface area contributed by atoms with Crippen LogP contribution in [0, 0.1) is 5.92 Å². The number of fused-ring (bicyclic) bond motifs is 1. The van der Waals surface area contributed by atoms with Crippen molar-refractivity contribution < 1.29 is 14.4 Å². The number of carbonyl (C=O) groups excluding carboxylic acids is 3. The van der Waals surface area contributed by atoms with E-state index < -0.39 is 23.9 Å². The summed E-state index contributed by atoms with van der Waals surface area (Å²) in [5.74, 6) is -1.24. The molecule has 0 aromatic heterocycles. The predicted molar refractivity (Wildman–Crippen MR) is 126 cm³/mol. The third-order valence-electron chi connectivity index (χ3n) is 6.34. The molecule has 0 spiro atoms. The second-order valence-corrected chi connectivity index (χ2v) is 10.5. The molecule has 0 bridgehead atoms. The minimum atomic E-state index is -1.10. The van der Waals surface area contributed by atoms with Gasteiger partial charge in [0.15, 0.2) is 6.04 Å². The summed E-state index contributed by atoms with van der Waals surface area (Å²) in [5.41, 5.74) is 1.10. The molecule has 0 radical (unpaired) electrons. The van der Waals surface area contributed by atoms with Gasteiger partial charge in [0.05, 0.1) is 11.4 Å². The van der Waals surface area contributed by atoms with E-state index in [4.69, 9.17) is 0 Å². The standard InChI is InChI=1S/C24H37N5O3/c1-7-14(2)18(20(30)25-15-12-23(3,4)29-24(5,6)13-15)28-22(32)19-21(31)27-17-11-9-8-10-16(17)26-19/h8-11,14-15,18-19,26,29H,7,12-13H2,1-6H3,(H,25,30)(H,27,31)(H,28,32). The summed E-state index contributed by atoms with van der Waals surface area (Å²) < 4.78 is 0. The highest BCUT2D eigenvalue weighted by Crippen LogP contribution is 2.29. The third kappa shape index (κ3) is 5.59. The summed E-state index contributed by atoms with van der Waals surface area (Å²) in [6.45, 7) is 12.4. The molecule has 3 rings (SSSR count). The second-order valence-electron chi connectivity index (χ2n) is 10.5. The quantitative estimate of drug-likeness (QED) is 0.434. The van der Waals surface area contributed by atoms with Crippen molar-refractivity contribution in [2.24, 2.45) is 5.92 Å². The van der Waals surface area contributed by atoms with E-state index in [1.54, 1.807) is 12.1 Å². The fourth-order valence-corrected chi connectivity index (χ4v) is 4.98. The van der Waals surface area contributed by atoms with E-state index in [0.717, 1.165) is 12.8 Å². The molecule has 32 heavy (non-hydrogen) atoms. The second kappa shape index (κ2) is 9.10. The Kier molecular flexibility index (Phi) is 6.83. The van der Waals surface area contributed by atoms with Crippen LogP contribution in [0.5, 0.6) is 0 Å². The normalized spacial score (nSPS) is 23.7. The minimum Gasteiger partial charge on any atom is -0.364 e. The molecule has 2 aliphatic heterocycles. The van der Waals surface area contributed by atoms with E-state index in [1.807, 2.05) is 26.0 Å². The number of hydrogen-bond acceptors (Lipinski definition) is 5. The molecule has 176 valence electrons. The molecule has 2 heterocycles. The van der Waals surface area contributed by atoms with Crippen molar-refractivity contribution in [1.82, 2.24) is 16.0 Å². The number of piperidine rings is 1. The lowest BCUT2D eigenvalue weighted by molar-refractivity contribution is -0.133. The van der Waals surface area contributed by atoms with Gasteiger partial charge in [0.1, 0.15) is 6.04 Å². The Morgan fingerprint density at radius 3 is 2.28 bits per heavy atom. The van der Waals surface area contributed by atoms with Crippen LogP contribution in [-0.2, 0) is 14.4 Å². The van der Waals surface area contributed by atoms with Crippen molar-refractivity contribution in [3.63, 3.8) is 0 Å². The van der Waals surface area contributed by atoms with Gasteiger partial charge >= 0.3 is 0 Å². The molecule has 3 unspecified atom stereocenters. The summed E-state index contributed by atoms with van der Waals surface area (Å²) in [7, 11) is 0. The van der Waals surface area contributed by atoms with Gasteiger partial charge in [0, 0.05) is 17.1 Å². The fraction of sp³-hybridized carbons (Fsp3) is 0.625. The predicted octanol–water partition coefficient (Wildman–Crippen LogP) is 2.38. The summed E-state index contributed by atoms with van der Waals surface area (Å²) in [6, 6.07) is 5.39. The van der Waals surface area contributed by atoms with Gasteiger partial charge in [-0.3, -0.25) is 14.4 Å². The van der Waals surface area contributed by atoms with Crippen LogP contribution >= 0.6 is 0 Å². The van der Waals surface area contributed by atoms with E-state index in [2.05, 4.69) is 54.3 Å². The number of carbonyl (C=O) groups is 3. The number of nitrogens with one attached hydrogen (secondary N) is 5. The Morgan fingerprint density at radius 2 is 1.69 bits per heavy atom. The lowest BCUT2D eigenvalue weighted by Crippen LogP contribution is -2.64. The zero-order valence-electron chi connectivity index (χ0n) is 20.0. The van der Waals surface area contributed by atoms with Crippen molar-refractivity contribution >= 4 is 29.1 Å². The van der Waals surface area contributed by atoms with Gasteiger partial charge in [0.2, 0.25) is 5.91 Å². The van der Waals surface area contributed by atoms with E-state index in [0.29, 0.717) is 17.8 Å². The first-order chi connectivity index (χ1) is 14.9. The molecule has 8 nitrogen and oxygen atoms in total. The lowest BCUT2D eigenvalue weighted by Gasteiger charge is -2.47. The number of anilines is 2. The highest BCUT2D eigenvalue weighted by molar-refractivity contribution is 6.16. The lowest BCUT2D eigenvalue weighted by atomic mass is 9.79. The topological polar surface area (TPSA) is 111 Å². The molecule has 1 fully saturated rings. The molecule has 0 saturated carbocycles. The summed E-state index contributed by atoms with van der Waals surface area (Å²) in [6.07, 6.45) is 2.31. The van der Waals surface area contributed by atoms with Crippen LogP contribution in [-0.4, -0.2) is 46.9 Å². The van der Waals surface area contributed by atoms with Crippen molar-refractivity contribution in [2.45, 2.75) is 90.0 Å². The van der Waals surface area contributed by atoms with Crippen LogP contribution in [0.1, 0.15) is 60.8 Å². The smallest absolute Gasteiger partial charge is 0.256 e. The van der Waals surface area contributed by atoms with Crippen LogP contribution in [0.3, 0.4) is 0 Å². The number of hydrogen-bond donors (Lipinski definition) is 5. The molecule has 1 aromatic rings. The van der Waals surface area contributed by atoms with Gasteiger partial charge in [-0.25, -0.2) is 0 Å². The van der Waals surface area contributed by atoms with E-state index in [1.165, 1.54) is 0 Å². The Balaban J connectivity index is 1.70. The highest BCUT2D eigenvalue weighted by Gasteiger charge is 2.40. The summed E-state index contributed by atoms with van der Waals surface area (Å²) in [4.78, 5) is 38.8. The van der Waals surface area contributed by atoms with Crippen LogP contribution < -0.4 is 26.6 Å². The molecule has 8 heteroatoms. The monoisotopic (exact) mass is 443 g/mol. The first-order valence-electron chi connectivity index (χ1n) is 11.5. The largest absolute Gasteiger partial charge is 0.364 e. The molecule has 0 aliphatic carbocycles. The first kappa shape index (κ1) is 24.0. The van der Waals surface area contributed by atoms with Crippen LogP contribution in [0.15, 0.2) is 24.3 Å². The van der Waals surface area contributed by atoms with Gasteiger partial charge < -0.3 is 26.6 Å². The maximum Gasteiger partial charge on any atom is 0.256 e. The van der Waals surface area contributed by atoms with Gasteiger partial charge in [-0.05, 0) is 58.6 Å². The molecule has 1 saturated heterocycles. The van der Waals surface area contributed by atoms with E-state index >= 15 is 0 Å². The average Bonchev–Trinajstić information content (AvgIpc) is 2.68. The average molecular weight is 444 g/mol. The third-order valence-corrected chi connectivity index (χ3v) is 6.34. The van der Waals surface area contributed by atoms with Crippen molar-refractivity contribution in [2.75, 3.05) is 10.6 Å². The van der Waals surface area contributed by atoms with Crippen molar-refractivity contribution in [3.05, 3.63) is 24.3 Å². The first-order valence-corrected chi connectivity index (χ1v) is 11.5. The molecule has 3 atom stereocenters. The van der Waals surface area contributed by atoms with E-state index in [-0.39, 0.29) is 28.9 Å². The van der Waals surface area contributed by atoms with Crippen molar-refractivity contribution in [1.29, 1.82) is 0 Å². The highest BCUT2D eigenvalue weighted by atomic mass is 16.2. The Hall–Kier alpha value is -2.61. The van der Waals surface area contributed by atoms with Crippen LogP contribution in [0.2, 0.25) is 0 Å². The van der Waals surface area contributed by atoms with Gasteiger partial charge in [0.25, 0.3) is 11.8 Å². The van der Waals surface area contributed by atoms with Crippen LogP contribution in [0.4, 0.5) is 11.4 Å². The SMILES string of the molecule is CCC(C)C(NC(=O)C1Nc2ccccc2NC1=O)C(=O)NC1CC(C)(C)NC(C)(C)C1. The Morgan fingerprint density at radius 1 is 1.09 bits per heavy atom. The Labute approximate surface area is 190 Å². The van der Waals surface area contributed by atoms with Crippen LogP contribution in [0.25, 0.3) is 0 Å². The summed E-state index contributed by atoms with van der Waals surface area (Å²) >= 11 is 0. The molecule has 2 aliphatic rings. The number of amides is 3. The molecular weight excluding hydrogens is 406 g/mol. The maximum atomic E-state index is 13.3. The molecular formula is C24H37N5O3. The molecule has 1 aromatic carbocycles. The maximum absolute atomic E-state index is 13.3. The zero-order chi connectivity index (χ0) is 23.7. The zero-order valence-corrected chi connectivity index (χ0v) is 20.0.